The van der Waals surface area contributed by atoms with Gasteiger partial charge in [0.2, 0.25) is 10.0 Å². The molecule has 0 bridgehead atoms. The highest BCUT2D eigenvalue weighted by Gasteiger charge is 2.10. The highest BCUT2D eigenvalue weighted by atomic mass is 32.2. The van der Waals surface area contributed by atoms with Crippen LogP contribution >= 0.6 is 0 Å². The van der Waals surface area contributed by atoms with Gasteiger partial charge in [-0.25, -0.2) is 17.5 Å². The second-order valence-electron chi connectivity index (χ2n) is 4.34. The van der Waals surface area contributed by atoms with Crippen LogP contribution in [0.25, 0.3) is 0 Å². The molecule has 0 heterocycles. The average molecular weight is 273 g/mol. The lowest BCUT2D eigenvalue weighted by Crippen LogP contribution is -2.26. The molecule has 0 radical (unpaired) electrons. The molecule has 0 spiro atoms. The first-order chi connectivity index (χ1) is 8.53. The van der Waals surface area contributed by atoms with Crippen LogP contribution in [0.3, 0.4) is 0 Å². The van der Waals surface area contributed by atoms with Gasteiger partial charge in [0.05, 0.1) is 5.75 Å². The summed E-state index contributed by atoms with van der Waals surface area (Å²) in [6.07, 6.45) is 4.15. The first-order valence-corrected chi connectivity index (χ1v) is 7.90. The third-order valence-electron chi connectivity index (χ3n) is 2.62. The van der Waals surface area contributed by atoms with Crippen molar-refractivity contribution >= 4 is 10.0 Å². The van der Waals surface area contributed by atoms with E-state index in [1.54, 1.807) is 0 Å². The van der Waals surface area contributed by atoms with E-state index < -0.39 is 10.0 Å². The van der Waals surface area contributed by atoms with Crippen LogP contribution in [0.5, 0.6) is 0 Å². The number of hydrogen-bond acceptors (Lipinski definition) is 2. The second-order valence-corrected chi connectivity index (χ2v) is 6.15. The molecule has 0 fully saturated rings. The van der Waals surface area contributed by atoms with Gasteiger partial charge in [0.25, 0.3) is 0 Å². The van der Waals surface area contributed by atoms with E-state index >= 15 is 0 Å². The van der Waals surface area contributed by atoms with Gasteiger partial charge in [0, 0.05) is 6.54 Å². The molecule has 1 N–H and O–H groups in total. The van der Waals surface area contributed by atoms with Crippen molar-refractivity contribution < 1.29 is 12.8 Å². The second kappa shape index (κ2) is 7.48. The molecule has 0 aliphatic carbocycles. The molecular formula is C13H20FNO2S. The highest BCUT2D eigenvalue weighted by Crippen LogP contribution is 2.07. The Morgan fingerprint density at radius 2 is 1.78 bits per heavy atom. The van der Waals surface area contributed by atoms with Crippen molar-refractivity contribution in [3.63, 3.8) is 0 Å². The molecule has 0 saturated carbocycles. The Labute approximate surface area is 108 Å². The molecule has 0 amide bonds. The predicted molar refractivity (Wildman–Crippen MR) is 71.2 cm³/mol. The van der Waals surface area contributed by atoms with Crippen LogP contribution < -0.4 is 4.72 Å². The summed E-state index contributed by atoms with van der Waals surface area (Å²) in [6.45, 7) is 2.59. The molecule has 0 aliphatic heterocycles. The van der Waals surface area contributed by atoms with Crippen molar-refractivity contribution in [3.8, 4) is 0 Å². The topological polar surface area (TPSA) is 46.2 Å². The maximum Gasteiger partial charge on any atom is 0.215 e. The van der Waals surface area contributed by atoms with E-state index in [-0.39, 0.29) is 11.6 Å². The average Bonchev–Trinajstić information content (AvgIpc) is 2.31. The van der Waals surface area contributed by atoms with Gasteiger partial charge in [-0.2, -0.15) is 0 Å². The van der Waals surface area contributed by atoms with Crippen LogP contribution in [0.2, 0.25) is 0 Å². The lowest BCUT2D eigenvalue weighted by molar-refractivity contribution is 0.572. The molecular weight excluding hydrogens is 253 g/mol. The van der Waals surface area contributed by atoms with Crippen LogP contribution in [-0.4, -0.2) is 15.0 Å². The van der Waals surface area contributed by atoms with Gasteiger partial charge in [0.15, 0.2) is 0 Å². The smallest absolute Gasteiger partial charge is 0.215 e. The van der Waals surface area contributed by atoms with Crippen LogP contribution in [0.1, 0.15) is 38.2 Å². The summed E-state index contributed by atoms with van der Waals surface area (Å²) in [5, 5.41) is 0. The van der Waals surface area contributed by atoms with Gasteiger partial charge in [-0.05, 0) is 24.1 Å². The molecule has 5 heteroatoms. The Hall–Kier alpha value is -0.940. The molecule has 1 rings (SSSR count). The Kier molecular flexibility index (Phi) is 6.29. The van der Waals surface area contributed by atoms with Crippen molar-refractivity contribution in [3.05, 3.63) is 35.6 Å². The quantitative estimate of drug-likeness (QED) is 0.740. The number of unbranched alkanes of at least 4 members (excludes halogenated alkanes) is 3. The van der Waals surface area contributed by atoms with E-state index in [0.717, 1.165) is 25.7 Å². The first kappa shape index (κ1) is 15.1. The molecule has 0 atom stereocenters. The summed E-state index contributed by atoms with van der Waals surface area (Å²) < 4.78 is 38.7. The summed E-state index contributed by atoms with van der Waals surface area (Å²) in [6, 6.07) is 5.52. The summed E-state index contributed by atoms with van der Waals surface area (Å²) in [7, 11) is -3.31. The largest absolute Gasteiger partial charge is 0.215 e. The van der Waals surface area contributed by atoms with Gasteiger partial charge in [-0.1, -0.05) is 38.3 Å². The van der Waals surface area contributed by atoms with Crippen molar-refractivity contribution in [2.75, 3.05) is 6.54 Å². The fourth-order valence-corrected chi connectivity index (χ4v) is 2.82. The number of nitrogens with one attached hydrogen (secondary N) is 1. The van der Waals surface area contributed by atoms with Crippen LogP contribution in [-0.2, 0) is 15.8 Å². The Morgan fingerprint density at radius 3 is 2.39 bits per heavy atom. The normalized spacial score (nSPS) is 11.7. The fourth-order valence-electron chi connectivity index (χ4n) is 1.63. The third kappa shape index (κ3) is 6.12. The molecule has 3 nitrogen and oxygen atoms in total. The minimum atomic E-state index is -3.31. The lowest BCUT2D eigenvalue weighted by Gasteiger charge is -2.06. The highest BCUT2D eigenvalue weighted by molar-refractivity contribution is 7.88. The minimum absolute atomic E-state index is 0.0962. The van der Waals surface area contributed by atoms with Crippen LogP contribution in [0, 0.1) is 5.82 Å². The van der Waals surface area contributed by atoms with Gasteiger partial charge in [-0.15, -0.1) is 0 Å². The van der Waals surface area contributed by atoms with Gasteiger partial charge in [-0.3, -0.25) is 0 Å². The zero-order valence-corrected chi connectivity index (χ0v) is 11.5. The van der Waals surface area contributed by atoms with Crippen LogP contribution in [0.4, 0.5) is 4.39 Å². The third-order valence-corrected chi connectivity index (χ3v) is 3.98. The summed E-state index contributed by atoms with van der Waals surface area (Å²) >= 11 is 0. The summed E-state index contributed by atoms with van der Waals surface area (Å²) in [5.41, 5.74) is 0.595. The maximum atomic E-state index is 12.7. The number of hydrogen-bond donors (Lipinski definition) is 1. The predicted octanol–water partition coefficient (Wildman–Crippen LogP) is 2.83. The Bertz CT molecular complexity index is 443. The van der Waals surface area contributed by atoms with Crippen molar-refractivity contribution in [1.82, 2.24) is 4.72 Å². The molecule has 0 unspecified atom stereocenters. The molecule has 0 aromatic heterocycles. The summed E-state index contributed by atoms with van der Waals surface area (Å²) in [4.78, 5) is 0. The maximum absolute atomic E-state index is 12.7. The SMILES string of the molecule is CCCCCCNS(=O)(=O)Cc1ccc(F)cc1. The molecule has 0 aliphatic rings. The molecule has 102 valence electrons. The molecule has 1 aromatic carbocycles. The lowest BCUT2D eigenvalue weighted by atomic mass is 10.2. The van der Waals surface area contributed by atoms with E-state index in [2.05, 4.69) is 11.6 Å². The van der Waals surface area contributed by atoms with Gasteiger partial charge < -0.3 is 0 Å². The zero-order valence-electron chi connectivity index (χ0n) is 10.7. The van der Waals surface area contributed by atoms with E-state index in [0.29, 0.717) is 12.1 Å². The van der Waals surface area contributed by atoms with Crippen molar-refractivity contribution in [2.24, 2.45) is 0 Å². The Morgan fingerprint density at radius 1 is 1.11 bits per heavy atom. The summed E-state index contributed by atoms with van der Waals surface area (Å²) in [5.74, 6) is -0.454. The van der Waals surface area contributed by atoms with Crippen molar-refractivity contribution in [1.29, 1.82) is 0 Å². The Balaban J connectivity index is 2.37. The van der Waals surface area contributed by atoms with E-state index in [1.165, 1.54) is 24.3 Å². The first-order valence-electron chi connectivity index (χ1n) is 6.25. The van der Waals surface area contributed by atoms with Gasteiger partial charge in [0.1, 0.15) is 5.82 Å². The fraction of sp³-hybridized carbons (Fsp3) is 0.538. The standard InChI is InChI=1S/C13H20FNO2S/c1-2-3-4-5-10-15-18(16,17)11-12-6-8-13(14)9-7-12/h6-9,15H,2-5,10-11H2,1H3. The number of benzene rings is 1. The number of halogens is 1. The number of sulfonamides is 1. The van der Waals surface area contributed by atoms with Gasteiger partial charge >= 0.3 is 0 Å². The van der Waals surface area contributed by atoms with E-state index in [1.807, 2.05) is 0 Å². The van der Waals surface area contributed by atoms with E-state index in [4.69, 9.17) is 0 Å². The van der Waals surface area contributed by atoms with Crippen molar-refractivity contribution in [2.45, 2.75) is 38.4 Å². The molecule has 18 heavy (non-hydrogen) atoms. The van der Waals surface area contributed by atoms with Crippen LogP contribution in [0.15, 0.2) is 24.3 Å². The minimum Gasteiger partial charge on any atom is -0.215 e. The van der Waals surface area contributed by atoms with E-state index in [9.17, 15) is 12.8 Å². The zero-order chi connectivity index (χ0) is 13.4. The number of rotatable bonds is 8. The molecule has 1 aromatic rings. The monoisotopic (exact) mass is 273 g/mol. The molecule has 0 saturated heterocycles.